The van der Waals surface area contributed by atoms with E-state index < -0.39 is 10.1 Å². The zero-order valence-corrected chi connectivity index (χ0v) is 15.3. The number of aryl methyl sites for hydroxylation is 1. The van der Waals surface area contributed by atoms with E-state index in [4.69, 9.17) is 8.92 Å². The third kappa shape index (κ3) is 3.18. The average molecular weight is 358 g/mol. The summed E-state index contributed by atoms with van der Waals surface area (Å²) >= 11 is 0. The van der Waals surface area contributed by atoms with E-state index in [9.17, 15) is 8.42 Å². The molecule has 1 saturated carbocycles. The third-order valence-electron chi connectivity index (χ3n) is 5.17. The Morgan fingerprint density at radius 2 is 1.80 bits per heavy atom. The fourth-order valence-corrected chi connectivity index (χ4v) is 5.17. The molecule has 0 spiro atoms. The number of fused-ring (bicyclic) bond motifs is 4. The molecule has 4 nitrogen and oxygen atoms in total. The van der Waals surface area contributed by atoms with Gasteiger partial charge in [-0.2, -0.15) is 8.42 Å². The zero-order chi connectivity index (χ0) is 17.7. The molecule has 1 aliphatic carbocycles. The van der Waals surface area contributed by atoms with Gasteiger partial charge in [-0.15, -0.1) is 0 Å². The third-order valence-corrected chi connectivity index (χ3v) is 6.55. The summed E-state index contributed by atoms with van der Waals surface area (Å²) in [6, 6.07) is 14.8. The summed E-state index contributed by atoms with van der Waals surface area (Å²) in [7, 11) is -3.77. The van der Waals surface area contributed by atoms with Crippen molar-refractivity contribution < 1.29 is 17.3 Å². The van der Waals surface area contributed by atoms with Gasteiger partial charge in [-0.25, -0.2) is 0 Å². The first-order valence-electron chi connectivity index (χ1n) is 8.63. The number of rotatable bonds is 3. The number of hydrogen-bond acceptors (Lipinski definition) is 4. The minimum Gasteiger partial charge on any atom is -0.487 e. The van der Waals surface area contributed by atoms with Crippen molar-refractivity contribution >= 4 is 10.1 Å². The van der Waals surface area contributed by atoms with Gasteiger partial charge in [0.1, 0.15) is 11.4 Å². The summed E-state index contributed by atoms with van der Waals surface area (Å²) in [6.45, 7) is 3.97. The molecular formula is C20H22O4S. The quantitative estimate of drug-likeness (QED) is 0.772. The molecule has 2 aromatic carbocycles. The zero-order valence-electron chi connectivity index (χ0n) is 14.4. The van der Waals surface area contributed by atoms with Crippen molar-refractivity contribution in [3.05, 3.63) is 59.7 Å². The van der Waals surface area contributed by atoms with Crippen LogP contribution >= 0.6 is 0 Å². The Bertz CT molecular complexity index is 888. The van der Waals surface area contributed by atoms with Crippen molar-refractivity contribution in [2.45, 2.75) is 55.6 Å². The summed E-state index contributed by atoms with van der Waals surface area (Å²) in [5.74, 6) is 1.18. The van der Waals surface area contributed by atoms with Gasteiger partial charge in [0.15, 0.2) is 0 Å². The van der Waals surface area contributed by atoms with Crippen molar-refractivity contribution in [2.24, 2.45) is 0 Å². The molecule has 5 heteroatoms. The largest absolute Gasteiger partial charge is 0.487 e. The van der Waals surface area contributed by atoms with Crippen LogP contribution < -0.4 is 4.74 Å². The summed E-state index contributed by atoms with van der Waals surface area (Å²) < 4.78 is 37.0. The van der Waals surface area contributed by atoms with Crippen LogP contribution in [-0.4, -0.2) is 20.1 Å². The molecule has 2 aromatic rings. The second-order valence-corrected chi connectivity index (χ2v) is 8.99. The lowest BCUT2D eigenvalue weighted by Crippen LogP contribution is -2.47. The van der Waals surface area contributed by atoms with Gasteiger partial charge in [0.2, 0.25) is 0 Å². The molecule has 0 amide bonds. The van der Waals surface area contributed by atoms with Crippen molar-refractivity contribution in [1.29, 1.82) is 0 Å². The van der Waals surface area contributed by atoms with Crippen LogP contribution in [-0.2, 0) is 14.3 Å². The Labute approximate surface area is 148 Å². The van der Waals surface area contributed by atoms with Crippen LogP contribution in [0.2, 0.25) is 0 Å². The van der Waals surface area contributed by atoms with E-state index in [0.29, 0.717) is 12.8 Å². The van der Waals surface area contributed by atoms with Gasteiger partial charge in [-0.05, 0) is 56.4 Å². The van der Waals surface area contributed by atoms with E-state index >= 15 is 0 Å². The van der Waals surface area contributed by atoms with Crippen LogP contribution in [0.15, 0.2) is 53.4 Å². The summed E-state index contributed by atoms with van der Waals surface area (Å²) in [4.78, 5) is 0.209. The Kier molecular flexibility index (Phi) is 3.89. The highest BCUT2D eigenvalue weighted by atomic mass is 32.2. The lowest BCUT2D eigenvalue weighted by Gasteiger charge is -2.46. The molecule has 2 aliphatic rings. The molecule has 1 aliphatic heterocycles. The molecular weight excluding hydrogens is 336 g/mol. The summed E-state index contributed by atoms with van der Waals surface area (Å²) in [5.41, 5.74) is 1.79. The smallest absolute Gasteiger partial charge is 0.297 e. The first-order valence-corrected chi connectivity index (χ1v) is 10.0. The second-order valence-electron chi connectivity index (χ2n) is 7.42. The van der Waals surface area contributed by atoms with E-state index in [2.05, 4.69) is 6.07 Å². The van der Waals surface area contributed by atoms with Gasteiger partial charge in [-0.1, -0.05) is 35.9 Å². The highest BCUT2D eigenvalue weighted by molar-refractivity contribution is 7.86. The first kappa shape index (κ1) is 16.6. The second kappa shape index (κ2) is 5.85. The molecule has 3 atom stereocenters. The van der Waals surface area contributed by atoms with Gasteiger partial charge in [-0.3, -0.25) is 4.18 Å². The standard InChI is InChI=1S/C20H22O4S/c1-14-7-9-17(10-8-14)25(21,22)24-16-11-15-12-20(2,13-16)23-19-6-4-3-5-18(15)19/h3-10,15-16H,11-13H2,1-2H3/t15-,16+,20-/m0/s1. The topological polar surface area (TPSA) is 52.6 Å². The maximum atomic E-state index is 12.6. The molecule has 0 aromatic heterocycles. The first-order chi connectivity index (χ1) is 11.8. The molecule has 1 heterocycles. The lowest BCUT2D eigenvalue weighted by atomic mass is 9.72. The van der Waals surface area contributed by atoms with Gasteiger partial charge in [0.05, 0.1) is 11.0 Å². The molecule has 132 valence electrons. The van der Waals surface area contributed by atoms with Crippen LogP contribution in [0.1, 0.15) is 43.2 Å². The van der Waals surface area contributed by atoms with Crippen LogP contribution in [0, 0.1) is 6.92 Å². The fraction of sp³-hybridized carbons (Fsp3) is 0.400. The Hall–Kier alpha value is -1.85. The number of para-hydroxylation sites is 1. The highest BCUT2D eigenvalue weighted by Crippen LogP contribution is 2.49. The minimum absolute atomic E-state index is 0.209. The van der Waals surface area contributed by atoms with Gasteiger partial charge in [0.25, 0.3) is 10.1 Å². The van der Waals surface area contributed by atoms with Crippen LogP contribution in [0.25, 0.3) is 0 Å². The molecule has 1 fully saturated rings. The Balaban J connectivity index is 1.58. The number of benzene rings is 2. The van der Waals surface area contributed by atoms with E-state index in [1.54, 1.807) is 24.3 Å². The van der Waals surface area contributed by atoms with Crippen LogP contribution in [0.5, 0.6) is 5.75 Å². The van der Waals surface area contributed by atoms with Crippen molar-refractivity contribution in [3.63, 3.8) is 0 Å². The SMILES string of the molecule is Cc1ccc(S(=O)(=O)O[C@@H]2C[C@H]3C[C@@](C)(C2)Oc2ccccc23)cc1. The van der Waals surface area contributed by atoms with Crippen molar-refractivity contribution in [2.75, 3.05) is 0 Å². The fourth-order valence-electron chi connectivity index (χ4n) is 4.08. The molecule has 2 bridgehead atoms. The molecule has 0 radical (unpaired) electrons. The minimum atomic E-state index is -3.77. The van der Waals surface area contributed by atoms with E-state index in [-0.39, 0.29) is 22.5 Å². The van der Waals surface area contributed by atoms with Gasteiger partial charge in [0, 0.05) is 6.42 Å². The van der Waals surface area contributed by atoms with E-state index in [0.717, 1.165) is 23.3 Å². The molecule has 0 unspecified atom stereocenters. The lowest BCUT2D eigenvalue weighted by molar-refractivity contribution is -0.0259. The number of ether oxygens (including phenoxy) is 1. The summed E-state index contributed by atoms with van der Waals surface area (Å²) in [6.07, 6.45) is 1.79. The van der Waals surface area contributed by atoms with E-state index in [1.165, 1.54) is 0 Å². The van der Waals surface area contributed by atoms with Crippen molar-refractivity contribution in [3.8, 4) is 5.75 Å². The van der Waals surface area contributed by atoms with Gasteiger partial charge >= 0.3 is 0 Å². The van der Waals surface area contributed by atoms with Crippen LogP contribution in [0.3, 0.4) is 0 Å². The molecule has 25 heavy (non-hydrogen) atoms. The molecule has 0 N–H and O–H groups in total. The van der Waals surface area contributed by atoms with Crippen LogP contribution in [0.4, 0.5) is 0 Å². The monoisotopic (exact) mass is 358 g/mol. The Morgan fingerprint density at radius 3 is 2.56 bits per heavy atom. The number of hydrogen-bond donors (Lipinski definition) is 0. The maximum Gasteiger partial charge on any atom is 0.297 e. The van der Waals surface area contributed by atoms with E-state index in [1.807, 2.05) is 32.0 Å². The molecule has 0 saturated heterocycles. The normalized spacial score (nSPS) is 28.1. The van der Waals surface area contributed by atoms with Gasteiger partial charge < -0.3 is 4.74 Å². The Morgan fingerprint density at radius 1 is 1.08 bits per heavy atom. The summed E-state index contributed by atoms with van der Waals surface area (Å²) in [5, 5.41) is 0. The molecule has 4 rings (SSSR count). The average Bonchev–Trinajstić information content (AvgIpc) is 2.53. The maximum absolute atomic E-state index is 12.6. The highest BCUT2D eigenvalue weighted by Gasteiger charge is 2.45. The predicted molar refractivity (Wildman–Crippen MR) is 95.3 cm³/mol. The van der Waals surface area contributed by atoms with Crippen molar-refractivity contribution in [1.82, 2.24) is 0 Å². The predicted octanol–water partition coefficient (Wildman–Crippen LogP) is 4.19.